The summed E-state index contributed by atoms with van der Waals surface area (Å²) in [4.78, 5) is 13.7. The number of hydrogen-bond donors (Lipinski definition) is 1. The minimum Gasteiger partial charge on any atom is -0.361 e. The van der Waals surface area contributed by atoms with Gasteiger partial charge in [-0.3, -0.25) is 0 Å². The van der Waals surface area contributed by atoms with E-state index in [-0.39, 0.29) is 0 Å². The molecule has 0 saturated heterocycles. The van der Waals surface area contributed by atoms with Crippen LogP contribution in [0.4, 0.5) is 5.69 Å². The zero-order valence-electron chi connectivity index (χ0n) is 9.05. The second-order valence-electron chi connectivity index (χ2n) is 3.92. The van der Waals surface area contributed by atoms with E-state index in [0.717, 1.165) is 16.6 Å². The monoisotopic (exact) mass is 222 g/mol. The predicted molar refractivity (Wildman–Crippen MR) is 69.2 cm³/mol. The first-order chi connectivity index (χ1) is 8.36. The number of nitroso groups, excluding NO2 is 1. The Balaban J connectivity index is 2.15. The lowest BCUT2D eigenvalue weighted by molar-refractivity contribution is 1.47. The van der Waals surface area contributed by atoms with Gasteiger partial charge in [0.05, 0.1) is 0 Å². The summed E-state index contributed by atoms with van der Waals surface area (Å²) in [5.41, 5.74) is 3.62. The van der Waals surface area contributed by atoms with Gasteiger partial charge in [-0.2, -0.15) is 0 Å². The van der Waals surface area contributed by atoms with Crippen molar-refractivity contribution < 1.29 is 0 Å². The summed E-state index contributed by atoms with van der Waals surface area (Å²) in [6.07, 6.45) is 1.91. The van der Waals surface area contributed by atoms with E-state index in [2.05, 4.69) is 22.3 Å². The molecule has 3 aromatic rings. The molecular weight excluding hydrogens is 212 g/mol. The molecule has 0 unspecified atom stereocenters. The molecule has 0 saturated carbocycles. The van der Waals surface area contributed by atoms with Crippen LogP contribution in [0.15, 0.2) is 59.9 Å². The van der Waals surface area contributed by atoms with Gasteiger partial charge in [0.25, 0.3) is 0 Å². The maximum absolute atomic E-state index is 10.5. The Kier molecular flexibility index (Phi) is 2.22. The Hall–Kier alpha value is -2.42. The van der Waals surface area contributed by atoms with E-state index in [1.807, 2.05) is 30.5 Å². The second kappa shape index (κ2) is 3.87. The van der Waals surface area contributed by atoms with Crippen LogP contribution < -0.4 is 0 Å². The van der Waals surface area contributed by atoms with E-state index in [1.54, 1.807) is 12.1 Å². The quantitative estimate of drug-likeness (QED) is 0.648. The molecule has 1 aromatic heterocycles. The van der Waals surface area contributed by atoms with E-state index in [1.165, 1.54) is 5.39 Å². The van der Waals surface area contributed by atoms with Crippen LogP contribution in [0.3, 0.4) is 0 Å². The van der Waals surface area contributed by atoms with Crippen molar-refractivity contribution >= 4 is 16.6 Å². The first kappa shape index (κ1) is 9.78. The molecular formula is C14H10N2O. The van der Waals surface area contributed by atoms with Crippen molar-refractivity contribution in [3.8, 4) is 11.1 Å². The fraction of sp³-hybridized carbons (Fsp3) is 0. The molecule has 82 valence electrons. The second-order valence-corrected chi connectivity index (χ2v) is 3.92. The molecule has 3 nitrogen and oxygen atoms in total. The fourth-order valence-corrected chi connectivity index (χ4v) is 1.97. The molecule has 2 aromatic carbocycles. The van der Waals surface area contributed by atoms with Crippen molar-refractivity contribution in [2.75, 3.05) is 0 Å². The molecule has 1 N–H and O–H groups in total. The molecule has 0 atom stereocenters. The average Bonchev–Trinajstić information content (AvgIpc) is 2.86. The van der Waals surface area contributed by atoms with Crippen LogP contribution in [0.2, 0.25) is 0 Å². The molecule has 0 aliphatic carbocycles. The smallest absolute Gasteiger partial charge is 0.108 e. The largest absolute Gasteiger partial charge is 0.361 e. The van der Waals surface area contributed by atoms with Crippen LogP contribution >= 0.6 is 0 Å². The van der Waals surface area contributed by atoms with Crippen LogP contribution in [0.5, 0.6) is 0 Å². The Morgan fingerprint density at radius 1 is 0.941 bits per heavy atom. The van der Waals surface area contributed by atoms with Crippen LogP contribution in [0.1, 0.15) is 0 Å². The highest BCUT2D eigenvalue weighted by Crippen LogP contribution is 2.26. The van der Waals surface area contributed by atoms with Gasteiger partial charge in [-0.1, -0.05) is 24.3 Å². The number of hydrogen-bond acceptors (Lipinski definition) is 2. The van der Waals surface area contributed by atoms with Gasteiger partial charge in [-0.25, -0.2) is 0 Å². The summed E-state index contributed by atoms with van der Waals surface area (Å²) in [7, 11) is 0. The van der Waals surface area contributed by atoms with Gasteiger partial charge in [0.15, 0.2) is 0 Å². The standard InChI is InChI=1S/C14H10N2O/c17-16-13-3-1-2-11(8-13)12-5-4-10-6-7-15-14(10)9-12/h1-9,15H. The number of aromatic amines is 1. The van der Waals surface area contributed by atoms with E-state index in [4.69, 9.17) is 0 Å². The van der Waals surface area contributed by atoms with E-state index < -0.39 is 0 Å². The molecule has 0 aliphatic heterocycles. The van der Waals surface area contributed by atoms with Crippen LogP contribution in [0.25, 0.3) is 22.0 Å². The Bertz CT molecular complexity index is 685. The molecule has 0 radical (unpaired) electrons. The molecule has 0 spiro atoms. The van der Waals surface area contributed by atoms with Gasteiger partial charge in [-0.15, -0.1) is 4.91 Å². The van der Waals surface area contributed by atoms with Gasteiger partial charge in [-0.05, 0) is 46.0 Å². The fourth-order valence-electron chi connectivity index (χ4n) is 1.97. The molecule has 1 heterocycles. The molecule has 0 amide bonds. The molecule has 0 bridgehead atoms. The molecule has 17 heavy (non-hydrogen) atoms. The van der Waals surface area contributed by atoms with Crippen LogP contribution in [-0.4, -0.2) is 4.98 Å². The number of rotatable bonds is 2. The molecule has 0 aliphatic rings. The average molecular weight is 222 g/mol. The van der Waals surface area contributed by atoms with E-state index >= 15 is 0 Å². The summed E-state index contributed by atoms with van der Waals surface area (Å²) in [5, 5.41) is 4.13. The lowest BCUT2D eigenvalue weighted by atomic mass is 10.0. The van der Waals surface area contributed by atoms with Crippen molar-refractivity contribution in [1.29, 1.82) is 0 Å². The third-order valence-electron chi connectivity index (χ3n) is 2.84. The zero-order chi connectivity index (χ0) is 11.7. The minimum atomic E-state index is 0.453. The van der Waals surface area contributed by atoms with Gasteiger partial charge < -0.3 is 4.98 Å². The third kappa shape index (κ3) is 1.72. The Morgan fingerprint density at radius 2 is 1.82 bits per heavy atom. The number of nitrogens with one attached hydrogen (secondary N) is 1. The summed E-state index contributed by atoms with van der Waals surface area (Å²) in [5.74, 6) is 0. The number of H-pyrrole nitrogens is 1. The lowest BCUT2D eigenvalue weighted by Gasteiger charge is -2.02. The summed E-state index contributed by atoms with van der Waals surface area (Å²) in [6.45, 7) is 0. The number of fused-ring (bicyclic) bond motifs is 1. The topological polar surface area (TPSA) is 45.2 Å². The number of nitrogens with zero attached hydrogens (tertiary/aromatic N) is 1. The maximum Gasteiger partial charge on any atom is 0.108 e. The molecule has 0 fully saturated rings. The molecule has 3 rings (SSSR count). The van der Waals surface area contributed by atoms with Gasteiger partial charge >= 0.3 is 0 Å². The highest BCUT2D eigenvalue weighted by Gasteiger charge is 2.01. The van der Waals surface area contributed by atoms with E-state index in [9.17, 15) is 4.91 Å². The first-order valence-corrected chi connectivity index (χ1v) is 5.38. The SMILES string of the molecule is O=Nc1cccc(-c2ccc3cc[nH]c3c2)c1. The highest BCUT2D eigenvalue weighted by molar-refractivity contribution is 5.85. The summed E-state index contributed by atoms with van der Waals surface area (Å²) in [6, 6.07) is 15.5. The van der Waals surface area contributed by atoms with Crippen molar-refractivity contribution in [3.63, 3.8) is 0 Å². The van der Waals surface area contributed by atoms with Gasteiger partial charge in [0, 0.05) is 11.7 Å². The highest BCUT2D eigenvalue weighted by atomic mass is 16.3. The third-order valence-corrected chi connectivity index (χ3v) is 2.84. The van der Waals surface area contributed by atoms with Crippen LogP contribution in [0, 0.1) is 4.91 Å². The first-order valence-electron chi connectivity index (χ1n) is 5.38. The Morgan fingerprint density at radius 3 is 2.71 bits per heavy atom. The maximum atomic E-state index is 10.5. The normalized spacial score (nSPS) is 10.6. The van der Waals surface area contributed by atoms with Crippen LogP contribution in [-0.2, 0) is 0 Å². The lowest BCUT2D eigenvalue weighted by Crippen LogP contribution is -1.77. The van der Waals surface area contributed by atoms with Crippen molar-refractivity contribution in [1.82, 2.24) is 4.98 Å². The zero-order valence-corrected chi connectivity index (χ0v) is 9.05. The molecule has 3 heteroatoms. The summed E-state index contributed by atoms with van der Waals surface area (Å²) < 4.78 is 0. The minimum absolute atomic E-state index is 0.453. The van der Waals surface area contributed by atoms with Gasteiger partial charge in [0.1, 0.15) is 5.69 Å². The number of benzene rings is 2. The van der Waals surface area contributed by atoms with Gasteiger partial charge in [0.2, 0.25) is 0 Å². The van der Waals surface area contributed by atoms with Crippen molar-refractivity contribution in [2.24, 2.45) is 5.18 Å². The van der Waals surface area contributed by atoms with Crippen molar-refractivity contribution in [2.45, 2.75) is 0 Å². The predicted octanol–water partition coefficient (Wildman–Crippen LogP) is 4.23. The number of aromatic nitrogens is 1. The van der Waals surface area contributed by atoms with Crippen molar-refractivity contribution in [3.05, 3.63) is 59.6 Å². The Labute approximate surface area is 98.1 Å². The summed E-state index contributed by atoms with van der Waals surface area (Å²) >= 11 is 0. The van der Waals surface area contributed by atoms with E-state index in [0.29, 0.717) is 5.69 Å².